The highest BCUT2D eigenvalue weighted by Gasteiger charge is 2.53. The first-order chi connectivity index (χ1) is 51.9. The van der Waals surface area contributed by atoms with Crippen LogP contribution in [0.2, 0.25) is 0 Å². The van der Waals surface area contributed by atoms with Crippen molar-refractivity contribution < 1.29 is 47.7 Å². The summed E-state index contributed by atoms with van der Waals surface area (Å²) in [5, 5.41) is 51.9. The van der Waals surface area contributed by atoms with E-state index in [1.54, 1.807) is 34.6 Å². The van der Waals surface area contributed by atoms with E-state index < -0.39 is 19.5 Å². The van der Waals surface area contributed by atoms with Crippen molar-refractivity contribution in [3.05, 3.63) is 140 Å². The second-order valence-corrected chi connectivity index (χ2v) is 30.2. The zero-order valence-electron chi connectivity index (χ0n) is 63.5. The Bertz CT molecular complexity index is 4860. The Hall–Kier alpha value is -10.5. The number of carboxylic acid groups (broad SMARTS) is 1. The van der Waals surface area contributed by atoms with Gasteiger partial charge in [-0.15, -0.1) is 0 Å². The lowest BCUT2D eigenvalue weighted by molar-refractivity contribution is -0.136. The Balaban J connectivity index is 0.000000155. The van der Waals surface area contributed by atoms with Crippen LogP contribution in [0.3, 0.4) is 0 Å². The molecule has 0 saturated carbocycles. The summed E-state index contributed by atoms with van der Waals surface area (Å²) in [6.07, 6.45) is 8.85. The molecule has 33 heteroatoms. The van der Waals surface area contributed by atoms with Crippen LogP contribution in [0.25, 0.3) is 33.3 Å². The second-order valence-electron chi connectivity index (χ2n) is 29.1. The van der Waals surface area contributed by atoms with Gasteiger partial charge in [0.1, 0.15) is 59.4 Å². The smallest absolute Gasteiger partial charge is 0.480 e. The summed E-state index contributed by atoms with van der Waals surface area (Å²) in [5.74, 6) is 1.36. The van der Waals surface area contributed by atoms with Gasteiger partial charge in [0.05, 0.1) is 44.3 Å². The Morgan fingerprint density at radius 3 is 1.30 bits per heavy atom. The van der Waals surface area contributed by atoms with Crippen molar-refractivity contribution in [1.29, 1.82) is 15.8 Å². The molecule has 0 aliphatic carbocycles. The first kappa shape index (κ1) is 81.1. The number of hydrogen-bond donors (Lipinski definition) is 6. The molecule has 9 aromatic rings. The van der Waals surface area contributed by atoms with Gasteiger partial charge in [0, 0.05) is 167 Å². The summed E-state index contributed by atoms with van der Waals surface area (Å²) < 4.78 is 25.5. The van der Waals surface area contributed by atoms with Gasteiger partial charge in [-0.25, -0.2) is 24.9 Å². The van der Waals surface area contributed by atoms with E-state index in [1.165, 1.54) is 6.07 Å². The fourth-order valence-electron chi connectivity index (χ4n) is 12.4. The number of aliphatic carboxylic acids is 1. The number of nitrogens with zero attached hydrogens (tertiary/aromatic N) is 15. The number of carbonyl (C=O) groups excluding carboxylic acids is 4. The number of aromatic nitrogens is 11. The van der Waals surface area contributed by atoms with Gasteiger partial charge in [-0.05, 0) is 188 Å². The number of hydrogen-bond acceptors (Lipinski definition) is 23. The Labute approximate surface area is 647 Å². The Morgan fingerprint density at radius 1 is 0.514 bits per heavy atom. The largest absolute Gasteiger partial charge is 0.495 e. The number of H-pyrrole nitrogens is 4. The van der Waals surface area contributed by atoms with Crippen LogP contribution in [0.15, 0.2) is 91.6 Å². The fourth-order valence-corrected chi connectivity index (χ4v) is 13.0. The number of nitriles is 3. The second kappa shape index (κ2) is 35.3. The van der Waals surface area contributed by atoms with Gasteiger partial charge in [0.15, 0.2) is 11.6 Å². The van der Waals surface area contributed by atoms with E-state index in [4.69, 9.17) is 39.5 Å². The molecule has 2 amide bonds. The van der Waals surface area contributed by atoms with E-state index in [9.17, 15) is 24.0 Å². The molecule has 5 fully saturated rings. The van der Waals surface area contributed by atoms with Crippen LogP contribution in [0, 0.1) is 65.4 Å². The van der Waals surface area contributed by atoms with Gasteiger partial charge in [0.2, 0.25) is 11.8 Å². The van der Waals surface area contributed by atoms with Crippen molar-refractivity contribution in [2.75, 3.05) is 93.2 Å². The van der Waals surface area contributed by atoms with Crippen molar-refractivity contribution in [3.8, 4) is 29.5 Å². The molecule has 0 unspecified atom stereocenters. The number of aryl methyl sites for hydroxylation is 2. The molecule has 568 valence electrons. The number of Topliss-reactive ketones (excluding diaryl/α,β-unsaturated/α-hetero) is 2. The molecule has 30 nitrogen and oxygen atoms in total. The number of pyridine rings is 5. The summed E-state index contributed by atoms with van der Waals surface area (Å²) in [5.41, 5.74) is 10.4. The van der Waals surface area contributed by atoms with E-state index in [0.29, 0.717) is 70.2 Å². The molecule has 0 radical (unpaired) electrons. The van der Waals surface area contributed by atoms with Gasteiger partial charge in [-0.1, -0.05) is 0 Å². The topological polar surface area (TPSA) is 395 Å². The van der Waals surface area contributed by atoms with Crippen LogP contribution in [0.1, 0.15) is 129 Å². The van der Waals surface area contributed by atoms with E-state index in [1.807, 2.05) is 128 Å². The highest BCUT2D eigenvalue weighted by atomic mass is 127. The third-order valence-corrected chi connectivity index (χ3v) is 21.1. The number of fused-ring (bicyclic) bond motifs is 2. The summed E-state index contributed by atoms with van der Waals surface area (Å²) in [6.45, 7) is 33.1. The molecule has 5 saturated heterocycles. The first-order valence-corrected chi connectivity index (χ1v) is 37.1. The average Bonchev–Trinajstić information content (AvgIpc) is 1.62. The molecule has 0 bridgehead atoms. The van der Waals surface area contributed by atoms with E-state index in [2.05, 4.69) is 132 Å². The molecule has 0 atom stereocenters. The van der Waals surface area contributed by atoms with E-state index in [-0.39, 0.29) is 72.2 Å². The number of rotatable bonds is 15. The molecule has 14 heterocycles. The van der Waals surface area contributed by atoms with Gasteiger partial charge in [0.25, 0.3) is 0 Å². The van der Waals surface area contributed by atoms with Crippen molar-refractivity contribution >= 4 is 117 Å². The Kier molecular flexibility index (Phi) is 26.2. The lowest BCUT2D eigenvalue weighted by Gasteiger charge is -2.35. The molecule has 9 aromatic heterocycles. The summed E-state index contributed by atoms with van der Waals surface area (Å²) in [6, 6.07) is 25.3. The molecular formula is C76H91B2IN20O10. The number of piperazine rings is 3. The molecule has 5 aliphatic heterocycles. The molecular weight excluding hydrogens is 1500 g/mol. The zero-order valence-corrected chi connectivity index (χ0v) is 65.7. The van der Waals surface area contributed by atoms with Crippen LogP contribution in [0.4, 0.5) is 17.5 Å². The SMILES string of the molecule is CC1(C)OB(c2ccnc(N3CCN(C(=O)CC#N)CC3)c2)OC1(C)C.CC1(C)OB(c2ccnc(N3CCNCC3)c2)OC1(C)C.Cc1[nH]nc(C(=O)Cc2cnc3[nH]c(-c4ccnc(N5CCN(C(=O)CC#N)CC5)c4)cc3c2)c1C.Cc1[nH]nc(C(=O)Cc2cnc3[nH]c(I)cc3c2)c1C.N#CCC(=O)O. The molecule has 0 aromatic carbocycles. The zero-order chi connectivity index (χ0) is 78.5. The number of nitrogens with one attached hydrogen (secondary N) is 5. The molecule has 0 spiro atoms. The van der Waals surface area contributed by atoms with Crippen LogP contribution in [0.5, 0.6) is 0 Å². The lowest BCUT2D eigenvalue weighted by atomic mass is 9.79. The summed E-state index contributed by atoms with van der Waals surface area (Å²) >= 11 is 2.21. The van der Waals surface area contributed by atoms with E-state index in [0.717, 1.165) is 125 Å². The minimum absolute atomic E-state index is 0.0123. The molecule has 6 N–H and O–H groups in total. The van der Waals surface area contributed by atoms with Crippen molar-refractivity contribution in [3.63, 3.8) is 0 Å². The predicted molar refractivity (Wildman–Crippen MR) is 421 cm³/mol. The van der Waals surface area contributed by atoms with Crippen molar-refractivity contribution in [2.24, 2.45) is 0 Å². The minimum Gasteiger partial charge on any atom is -0.480 e. The monoisotopic (exact) mass is 1590 g/mol. The minimum atomic E-state index is -1.07. The lowest BCUT2D eigenvalue weighted by Crippen LogP contribution is -2.49. The number of anilines is 3. The molecule has 5 aliphatic rings. The van der Waals surface area contributed by atoms with Crippen LogP contribution in [-0.4, -0.2) is 215 Å². The number of ketones is 2. The average molecular weight is 1590 g/mol. The predicted octanol–water partition coefficient (Wildman–Crippen LogP) is 7.60. The standard InChI is InChI=1S/C26H26N8O2.C18H25BN4O3.C15H24BN3O2.C14H13IN4O.C3H3NO2/c1-16-17(2)31-32-25(16)22(35)12-18-11-20-13-21(30-26(20)29-15-18)19-4-6-28-23(14-19)33-7-9-34(10-8-33)24(36)3-5-27;1-17(2)18(3,4)26-19(25-17)14-6-8-21-15(13-14)22-9-11-23(12-10-22)16(24)5-7-20;1-14(2)15(3,4)21-16(20-14)12-5-6-18-13(11-12)19-9-7-17-8-10-19;1-7-8(2)18-19-13(7)11(20)4-9-3-10-5-12(15)17-14(10)16-6-9;4-2-1-3(5)6/h4,6,11,13-15H,3,7-10,12H2,1-2H3,(H,29,30)(H,31,32);6,8,13H,5,9-12H2,1-4H3;5-6,11,17H,7-10H2,1-4H3;3,5-6H,4H2,1-2H3,(H,16,17)(H,18,19);1H2,(H,5,6). The first-order valence-electron chi connectivity index (χ1n) is 36.0. The number of halogens is 1. The highest BCUT2D eigenvalue weighted by molar-refractivity contribution is 14.1. The van der Waals surface area contributed by atoms with Gasteiger partial charge < -0.3 is 63.5 Å². The quantitative estimate of drug-likeness (QED) is 0.0326. The molecule has 109 heavy (non-hydrogen) atoms. The maximum absolute atomic E-state index is 12.7. The van der Waals surface area contributed by atoms with Gasteiger partial charge in [-0.3, -0.25) is 34.2 Å². The maximum Gasteiger partial charge on any atom is 0.495 e. The van der Waals surface area contributed by atoms with Crippen LogP contribution >= 0.6 is 22.6 Å². The van der Waals surface area contributed by atoms with Gasteiger partial charge in [-0.2, -0.15) is 26.0 Å². The van der Waals surface area contributed by atoms with Crippen LogP contribution in [-0.2, 0) is 45.8 Å². The van der Waals surface area contributed by atoms with Crippen LogP contribution < -0.4 is 30.9 Å². The van der Waals surface area contributed by atoms with Crippen molar-refractivity contribution in [2.45, 2.75) is 138 Å². The summed E-state index contributed by atoms with van der Waals surface area (Å²) in [7, 11) is -0.736. The number of carbonyl (C=O) groups is 5. The van der Waals surface area contributed by atoms with Gasteiger partial charge >= 0.3 is 20.2 Å². The highest BCUT2D eigenvalue weighted by Crippen LogP contribution is 2.38. The third kappa shape index (κ3) is 20.1. The number of aromatic amines is 4. The van der Waals surface area contributed by atoms with E-state index >= 15 is 0 Å². The summed E-state index contributed by atoms with van der Waals surface area (Å²) in [4.78, 5) is 97.1. The third-order valence-electron chi connectivity index (χ3n) is 20.5. The number of amides is 2. The van der Waals surface area contributed by atoms with Crippen molar-refractivity contribution in [1.82, 2.24) is 70.4 Å². The fraction of sp³-hybridized carbons (Fsp3) is 0.434. The molecule has 14 rings (SSSR count). The number of carboxylic acids is 1. The Morgan fingerprint density at radius 2 is 0.908 bits per heavy atom. The maximum atomic E-state index is 12.7. The normalized spacial score (nSPS) is 16.8.